The number of hydrogen-bond acceptors (Lipinski definition) is 2. The average Bonchev–Trinajstić information content (AvgIpc) is 3.11. The number of primary amides is 1. The van der Waals surface area contributed by atoms with Crippen molar-refractivity contribution in [3.05, 3.63) is 45.5 Å². The summed E-state index contributed by atoms with van der Waals surface area (Å²) in [5.41, 5.74) is 5.55. The van der Waals surface area contributed by atoms with Gasteiger partial charge in [-0.1, -0.05) is 0 Å². The van der Waals surface area contributed by atoms with E-state index >= 15 is 0 Å². The van der Waals surface area contributed by atoms with Crippen LogP contribution in [0.25, 0.3) is 10.9 Å². The average molecular weight is 246 g/mol. The molecule has 0 radical (unpaired) electrons. The van der Waals surface area contributed by atoms with Crippen LogP contribution in [0, 0.1) is 5.82 Å². The van der Waals surface area contributed by atoms with Gasteiger partial charge in [0.25, 0.3) is 11.5 Å². The number of H-pyrrole nitrogens is 1. The molecular formula is C13H11FN2O2. The number of nitrogens with one attached hydrogen (secondary N) is 1. The van der Waals surface area contributed by atoms with Crippen molar-refractivity contribution in [1.29, 1.82) is 0 Å². The van der Waals surface area contributed by atoms with E-state index in [1.807, 2.05) is 0 Å². The van der Waals surface area contributed by atoms with Gasteiger partial charge < -0.3 is 10.7 Å². The number of aromatic amines is 1. The van der Waals surface area contributed by atoms with Gasteiger partial charge in [0.15, 0.2) is 0 Å². The Balaban J connectivity index is 2.27. The van der Waals surface area contributed by atoms with Gasteiger partial charge >= 0.3 is 0 Å². The van der Waals surface area contributed by atoms with Crippen LogP contribution in [-0.2, 0) is 0 Å². The highest BCUT2D eigenvalue weighted by atomic mass is 19.1. The molecular weight excluding hydrogens is 235 g/mol. The monoisotopic (exact) mass is 246 g/mol. The van der Waals surface area contributed by atoms with E-state index in [2.05, 4.69) is 4.98 Å². The lowest BCUT2D eigenvalue weighted by atomic mass is 10.1. The maximum absolute atomic E-state index is 13.8. The Labute approximate surface area is 102 Å². The molecule has 1 heterocycles. The second-order valence-corrected chi connectivity index (χ2v) is 4.61. The van der Waals surface area contributed by atoms with Crippen molar-refractivity contribution in [3.63, 3.8) is 0 Å². The minimum atomic E-state index is -0.815. The summed E-state index contributed by atoms with van der Waals surface area (Å²) in [4.78, 5) is 25.2. The molecule has 0 aliphatic heterocycles. The zero-order chi connectivity index (χ0) is 12.9. The van der Waals surface area contributed by atoms with E-state index < -0.39 is 11.5 Å². The quantitative estimate of drug-likeness (QED) is 0.845. The van der Waals surface area contributed by atoms with Gasteiger partial charge in [-0.3, -0.25) is 9.59 Å². The number of rotatable bonds is 2. The number of amides is 1. The summed E-state index contributed by atoms with van der Waals surface area (Å²) >= 11 is 0. The molecule has 1 aliphatic rings. The summed E-state index contributed by atoms with van der Waals surface area (Å²) in [6, 6.07) is 4.32. The van der Waals surface area contributed by atoms with Gasteiger partial charge in [0.2, 0.25) is 0 Å². The van der Waals surface area contributed by atoms with Crippen LogP contribution in [0.5, 0.6) is 0 Å². The van der Waals surface area contributed by atoms with E-state index in [-0.39, 0.29) is 17.3 Å². The van der Waals surface area contributed by atoms with Gasteiger partial charge in [-0.05, 0) is 42.5 Å². The zero-order valence-corrected chi connectivity index (χ0v) is 9.50. The zero-order valence-electron chi connectivity index (χ0n) is 9.50. The van der Waals surface area contributed by atoms with E-state index in [1.165, 1.54) is 12.1 Å². The molecule has 0 atom stereocenters. The van der Waals surface area contributed by atoms with Gasteiger partial charge in [0.05, 0.1) is 0 Å². The third kappa shape index (κ3) is 1.68. The first-order valence-corrected chi connectivity index (χ1v) is 5.72. The van der Waals surface area contributed by atoms with Crippen LogP contribution in [0.3, 0.4) is 0 Å². The first-order valence-electron chi connectivity index (χ1n) is 5.72. The molecule has 1 amide bonds. The van der Waals surface area contributed by atoms with E-state index in [4.69, 9.17) is 5.73 Å². The number of aromatic nitrogens is 1. The molecule has 1 aromatic heterocycles. The summed E-state index contributed by atoms with van der Waals surface area (Å²) in [6.07, 6.45) is 1.96. The molecule has 0 bridgehead atoms. The van der Waals surface area contributed by atoms with Gasteiger partial charge in [-0.25, -0.2) is 4.39 Å². The van der Waals surface area contributed by atoms with Crippen molar-refractivity contribution in [2.75, 3.05) is 0 Å². The normalized spacial score (nSPS) is 14.9. The van der Waals surface area contributed by atoms with Crippen molar-refractivity contribution in [3.8, 4) is 0 Å². The molecule has 1 saturated carbocycles. The summed E-state index contributed by atoms with van der Waals surface area (Å²) in [7, 11) is 0. The minimum Gasteiger partial charge on any atom is -0.365 e. The molecule has 4 nitrogen and oxygen atoms in total. The number of hydrogen-bond donors (Lipinski definition) is 2. The molecule has 5 heteroatoms. The number of nitrogens with two attached hydrogens (primary N) is 1. The van der Waals surface area contributed by atoms with Crippen LogP contribution < -0.4 is 11.3 Å². The molecule has 3 N–H and O–H groups in total. The van der Waals surface area contributed by atoms with Crippen LogP contribution in [0.2, 0.25) is 0 Å². The molecule has 0 saturated heterocycles. The molecule has 1 aromatic carbocycles. The van der Waals surface area contributed by atoms with Crippen LogP contribution in [0.15, 0.2) is 23.0 Å². The largest absolute Gasteiger partial charge is 0.365 e. The first-order chi connectivity index (χ1) is 8.56. The number of fused-ring (bicyclic) bond motifs is 1. The summed E-state index contributed by atoms with van der Waals surface area (Å²) < 4.78 is 13.8. The van der Waals surface area contributed by atoms with Gasteiger partial charge in [0.1, 0.15) is 11.4 Å². The van der Waals surface area contributed by atoms with Crippen LogP contribution in [0.4, 0.5) is 4.39 Å². The van der Waals surface area contributed by atoms with Crippen molar-refractivity contribution in [2.45, 2.75) is 18.8 Å². The Morgan fingerprint density at radius 3 is 2.67 bits per heavy atom. The van der Waals surface area contributed by atoms with Crippen LogP contribution >= 0.6 is 0 Å². The predicted molar refractivity (Wildman–Crippen MR) is 65.0 cm³/mol. The number of halogens is 1. The van der Waals surface area contributed by atoms with Crippen molar-refractivity contribution in [2.24, 2.45) is 5.73 Å². The fourth-order valence-corrected chi connectivity index (χ4v) is 2.13. The second kappa shape index (κ2) is 3.66. The Bertz CT molecular complexity index is 717. The standard InChI is InChI=1S/C13H11FN2O2/c14-10-4-7-3-9(12(15)17)13(18)16-11(7)5-8(10)6-1-2-6/h3-6H,1-2H2,(H2,15,17)(H,16,18). The molecule has 1 aliphatic carbocycles. The number of benzene rings is 1. The molecule has 2 aromatic rings. The molecule has 18 heavy (non-hydrogen) atoms. The van der Waals surface area contributed by atoms with E-state index in [0.717, 1.165) is 12.8 Å². The van der Waals surface area contributed by atoms with E-state index in [0.29, 0.717) is 16.5 Å². The predicted octanol–water partition coefficient (Wildman–Crippen LogP) is 1.64. The van der Waals surface area contributed by atoms with E-state index in [9.17, 15) is 14.0 Å². The van der Waals surface area contributed by atoms with Gasteiger partial charge in [0, 0.05) is 10.9 Å². The summed E-state index contributed by atoms with van der Waals surface area (Å²) in [5.74, 6) is -0.856. The highest BCUT2D eigenvalue weighted by Gasteiger charge is 2.27. The van der Waals surface area contributed by atoms with Crippen molar-refractivity contribution in [1.82, 2.24) is 4.98 Å². The lowest BCUT2D eigenvalue weighted by Crippen LogP contribution is -2.23. The van der Waals surface area contributed by atoms with E-state index in [1.54, 1.807) is 6.07 Å². The minimum absolute atomic E-state index is 0.152. The van der Waals surface area contributed by atoms with Gasteiger partial charge in [-0.2, -0.15) is 0 Å². The topological polar surface area (TPSA) is 76.0 Å². The number of carbonyl (C=O) groups excluding carboxylic acids is 1. The van der Waals surface area contributed by atoms with Crippen molar-refractivity contribution >= 4 is 16.8 Å². The molecule has 1 fully saturated rings. The van der Waals surface area contributed by atoms with Crippen LogP contribution in [0.1, 0.15) is 34.7 Å². The molecule has 0 unspecified atom stereocenters. The lowest BCUT2D eigenvalue weighted by Gasteiger charge is -2.05. The van der Waals surface area contributed by atoms with Crippen molar-refractivity contribution < 1.29 is 9.18 Å². The summed E-state index contributed by atoms with van der Waals surface area (Å²) in [5, 5.41) is 0.477. The number of carbonyl (C=O) groups is 1. The fourth-order valence-electron chi connectivity index (χ4n) is 2.13. The molecule has 0 spiro atoms. The molecule has 3 rings (SSSR count). The third-order valence-corrected chi connectivity index (χ3v) is 3.24. The second-order valence-electron chi connectivity index (χ2n) is 4.61. The fraction of sp³-hybridized carbons (Fsp3) is 0.231. The first kappa shape index (κ1) is 11.0. The van der Waals surface area contributed by atoms with Gasteiger partial charge in [-0.15, -0.1) is 0 Å². The third-order valence-electron chi connectivity index (χ3n) is 3.24. The Morgan fingerprint density at radius 1 is 1.33 bits per heavy atom. The SMILES string of the molecule is NC(=O)c1cc2cc(F)c(C3CC3)cc2[nH]c1=O. The Hall–Kier alpha value is -2.17. The molecule has 92 valence electrons. The summed E-state index contributed by atoms with van der Waals surface area (Å²) in [6.45, 7) is 0. The Kier molecular flexibility index (Phi) is 2.23. The van der Waals surface area contributed by atoms with Crippen LogP contribution in [-0.4, -0.2) is 10.9 Å². The highest BCUT2D eigenvalue weighted by Crippen LogP contribution is 2.42. The Morgan fingerprint density at radius 2 is 2.06 bits per heavy atom. The maximum atomic E-state index is 13.8. The maximum Gasteiger partial charge on any atom is 0.261 e. The lowest BCUT2D eigenvalue weighted by molar-refractivity contribution is 0.0999. The number of pyridine rings is 1. The smallest absolute Gasteiger partial charge is 0.261 e. The highest BCUT2D eigenvalue weighted by molar-refractivity contribution is 5.96.